The fourth-order valence-corrected chi connectivity index (χ4v) is 1.30. The minimum absolute atomic E-state index is 0.247. The van der Waals surface area contributed by atoms with Crippen LogP contribution in [-0.2, 0) is 4.74 Å². The molecule has 1 nitrogen and oxygen atoms in total. The summed E-state index contributed by atoms with van der Waals surface area (Å²) in [5.74, 6) is 0. The van der Waals surface area contributed by atoms with Crippen LogP contribution in [0.1, 0.15) is 47.5 Å². The third-order valence-corrected chi connectivity index (χ3v) is 1.82. The third kappa shape index (κ3) is 8.06. The molecule has 14 heavy (non-hydrogen) atoms. The average molecular weight is 196 g/mol. The second-order valence-corrected chi connectivity index (χ2v) is 4.46. The molecule has 0 heterocycles. The van der Waals surface area contributed by atoms with E-state index in [0.717, 1.165) is 12.8 Å². The minimum Gasteiger partial charge on any atom is -0.371 e. The van der Waals surface area contributed by atoms with Crippen LogP contribution in [0.3, 0.4) is 0 Å². The monoisotopic (exact) mass is 196 g/mol. The number of hydrogen-bond acceptors (Lipinski definition) is 1. The fraction of sp³-hybridized carbons (Fsp3) is 0.692. The number of hydrogen-bond donors (Lipinski definition) is 0. The molecule has 0 aliphatic rings. The van der Waals surface area contributed by atoms with Crippen molar-refractivity contribution in [3.05, 3.63) is 23.8 Å². The summed E-state index contributed by atoms with van der Waals surface area (Å²) in [5, 5.41) is 0. The fourth-order valence-electron chi connectivity index (χ4n) is 1.30. The molecule has 0 aromatic heterocycles. The summed E-state index contributed by atoms with van der Waals surface area (Å²) in [6.07, 6.45) is 4.82. The van der Waals surface area contributed by atoms with E-state index in [2.05, 4.69) is 47.3 Å². The van der Waals surface area contributed by atoms with E-state index in [1.165, 1.54) is 11.1 Å². The lowest BCUT2D eigenvalue weighted by Gasteiger charge is -2.17. The summed E-state index contributed by atoms with van der Waals surface area (Å²) in [4.78, 5) is 0. The van der Waals surface area contributed by atoms with Gasteiger partial charge in [-0.15, -0.1) is 6.58 Å². The minimum atomic E-state index is 0.247. The van der Waals surface area contributed by atoms with Crippen LogP contribution in [0, 0.1) is 0 Å². The normalized spacial score (nSPS) is 12.7. The van der Waals surface area contributed by atoms with Gasteiger partial charge < -0.3 is 4.74 Å². The van der Waals surface area contributed by atoms with Gasteiger partial charge in [0.15, 0.2) is 0 Å². The summed E-state index contributed by atoms with van der Waals surface area (Å²) in [6, 6.07) is 0. The van der Waals surface area contributed by atoms with Crippen molar-refractivity contribution in [2.24, 2.45) is 0 Å². The maximum atomic E-state index is 5.79. The second kappa shape index (κ2) is 6.83. The largest absolute Gasteiger partial charge is 0.371 e. The van der Waals surface area contributed by atoms with Crippen LogP contribution in [0.2, 0.25) is 0 Å². The Labute approximate surface area is 88.9 Å². The number of ether oxygens (including phenoxy) is 1. The van der Waals surface area contributed by atoms with E-state index in [1.54, 1.807) is 0 Å². The van der Waals surface area contributed by atoms with Crippen LogP contribution >= 0.6 is 0 Å². The Kier molecular flexibility index (Phi) is 6.56. The highest BCUT2D eigenvalue weighted by atomic mass is 16.5. The lowest BCUT2D eigenvalue weighted by atomic mass is 10.1. The van der Waals surface area contributed by atoms with Gasteiger partial charge >= 0.3 is 0 Å². The average Bonchev–Trinajstić information content (AvgIpc) is 1.97. The SMILES string of the molecule is C=C(C)CCC(C=C(C)C)OC(C)C. The molecule has 0 saturated carbocycles. The first-order chi connectivity index (χ1) is 6.41. The maximum Gasteiger partial charge on any atom is 0.0764 e. The van der Waals surface area contributed by atoms with Gasteiger partial charge in [0.25, 0.3) is 0 Å². The van der Waals surface area contributed by atoms with Gasteiger partial charge in [-0.3, -0.25) is 0 Å². The van der Waals surface area contributed by atoms with E-state index in [1.807, 2.05) is 0 Å². The van der Waals surface area contributed by atoms with Crippen molar-refractivity contribution in [1.82, 2.24) is 0 Å². The van der Waals surface area contributed by atoms with Gasteiger partial charge in [0, 0.05) is 0 Å². The lowest BCUT2D eigenvalue weighted by molar-refractivity contribution is 0.0309. The van der Waals surface area contributed by atoms with Crippen LogP contribution in [-0.4, -0.2) is 12.2 Å². The third-order valence-electron chi connectivity index (χ3n) is 1.82. The lowest BCUT2D eigenvalue weighted by Crippen LogP contribution is -2.16. The molecule has 0 amide bonds. The molecule has 0 rings (SSSR count). The van der Waals surface area contributed by atoms with E-state index in [4.69, 9.17) is 4.74 Å². The van der Waals surface area contributed by atoms with E-state index in [0.29, 0.717) is 6.10 Å². The molecule has 0 aromatic rings. The standard InChI is InChI=1S/C13H24O/c1-10(2)7-8-13(9-11(3)4)14-12(5)6/h9,12-13H,1,7-8H2,2-6H3. The highest BCUT2D eigenvalue weighted by molar-refractivity contribution is 5.00. The van der Waals surface area contributed by atoms with Crippen LogP contribution < -0.4 is 0 Å². The van der Waals surface area contributed by atoms with Crippen molar-refractivity contribution in [3.63, 3.8) is 0 Å². The number of rotatable bonds is 6. The Morgan fingerprint density at radius 3 is 2.21 bits per heavy atom. The van der Waals surface area contributed by atoms with Crippen molar-refractivity contribution in [2.75, 3.05) is 0 Å². The molecule has 1 atom stereocenters. The quantitative estimate of drug-likeness (QED) is 0.581. The zero-order valence-electron chi connectivity index (χ0n) is 10.3. The van der Waals surface area contributed by atoms with Gasteiger partial charge in [-0.2, -0.15) is 0 Å². The molecular formula is C13H24O. The molecule has 82 valence electrons. The van der Waals surface area contributed by atoms with E-state index in [9.17, 15) is 0 Å². The Morgan fingerprint density at radius 1 is 1.29 bits per heavy atom. The van der Waals surface area contributed by atoms with Gasteiger partial charge in [-0.1, -0.05) is 17.2 Å². The summed E-state index contributed by atoms with van der Waals surface area (Å²) in [5.41, 5.74) is 2.54. The van der Waals surface area contributed by atoms with E-state index < -0.39 is 0 Å². The first-order valence-electron chi connectivity index (χ1n) is 5.36. The summed E-state index contributed by atoms with van der Waals surface area (Å²) in [6.45, 7) is 14.3. The van der Waals surface area contributed by atoms with Crippen molar-refractivity contribution >= 4 is 0 Å². The van der Waals surface area contributed by atoms with Crippen LogP contribution in [0.5, 0.6) is 0 Å². The molecule has 0 aromatic carbocycles. The highest BCUT2D eigenvalue weighted by Gasteiger charge is 2.07. The first-order valence-corrected chi connectivity index (χ1v) is 5.36. The summed E-state index contributed by atoms with van der Waals surface area (Å²) < 4.78 is 5.79. The molecule has 0 aliphatic carbocycles. The van der Waals surface area contributed by atoms with Crippen molar-refractivity contribution < 1.29 is 4.74 Å². The Hall–Kier alpha value is -0.560. The van der Waals surface area contributed by atoms with Crippen LogP contribution in [0.25, 0.3) is 0 Å². The molecule has 1 heteroatoms. The van der Waals surface area contributed by atoms with E-state index >= 15 is 0 Å². The summed E-state index contributed by atoms with van der Waals surface area (Å²) in [7, 11) is 0. The zero-order valence-corrected chi connectivity index (χ0v) is 10.3. The number of allylic oxidation sites excluding steroid dienone is 2. The molecule has 0 bridgehead atoms. The van der Waals surface area contributed by atoms with Crippen molar-refractivity contribution in [2.45, 2.75) is 59.7 Å². The van der Waals surface area contributed by atoms with Crippen LogP contribution in [0.15, 0.2) is 23.8 Å². The van der Waals surface area contributed by atoms with Gasteiger partial charge in [0.2, 0.25) is 0 Å². The Balaban J connectivity index is 4.11. The Morgan fingerprint density at radius 2 is 1.86 bits per heavy atom. The second-order valence-electron chi connectivity index (χ2n) is 4.46. The van der Waals surface area contributed by atoms with Gasteiger partial charge in [0.05, 0.1) is 12.2 Å². The molecule has 0 saturated heterocycles. The molecule has 0 radical (unpaired) electrons. The zero-order chi connectivity index (χ0) is 11.1. The molecule has 0 spiro atoms. The molecule has 1 unspecified atom stereocenters. The smallest absolute Gasteiger partial charge is 0.0764 e. The van der Waals surface area contributed by atoms with Gasteiger partial charge in [-0.05, 0) is 47.5 Å². The predicted molar refractivity (Wildman–Crippen MR) is 63.5 cm³/mol. The molecule has 0 fully saturated rings. The molecule has 0 N–H and O–H groups in total. The molecular weight excluding hydrogens is 172 g/mol. The van der Waals surface area contributed by atoms with E-state index in [-0.39, 0.29) is 6.10 Å². The van der Waals surface area contributed by atoms with Crippen LogP contribution in [0.4, 0.5) is 0 Å². The van der Waals surface area contributed by atoms with Crippen molar-refractivity contribution in [3.8, 4) is 0 Å². The first kappa shape index (κ1) is 13.4. The Bertz CT molecular complexity index is 197. The predicted octanol–water partition coefficient (Wildman–Crippen LogP) is 4.10. The van der Waals surface area contributed by atoms with Gasteiger partial charge in [0.1, 0.15) is 0 Å². The molecule has 0 aliphatic heterocycles. The summed E-state index contributed by atoms with van der Waals surface area (Å²) >= 11 is 0. The highest BCUT2D eigenvalue weighted by Crippen LogP contribution is 2.12. The van der Waals surface area contributed by atoms with Gasteiger partial charge in [-0.25, -0.2) is 0 Å². The van der Waals surface area contributed by atoms with Crippen molar-refractivity contribution in [1.29, 1.82) is 0 Å². The maximum absolute atomic E-state index is 5.79. The topological polar surface area (TPSA) is 9.23 Å².